The van der Waals surface area contributed by atoms with Crippen molar-refractivity contribution < 1.29 is 14.3 Å². The van der Waals surface area contributed by atoms with Crippen molar-refractivity contribution in [1.29, 1.82) is 0 Å². The van der Waals surface area contributed by atoms with E-state index in [4.69, 9.17) is 9.47 Å². The van der Waals surface area contributed by atoms with Crippen LogP contribution in [0.2, 0.25) is 25.7 Å². The van der Waals surface area contributed by atoms with Crippen LogP contribution in [0.4, 0.5) is 10.6 Å². The van der Waals surface area contributed by atoms with Gasteiger partial charge < -0.3 is 24.3 Å². The maximum atomic E-state index is 12.0. The average Bonchev–Trinajstić information content (AvgIpc) is 3.07. The summed E-state index contributed by atoms with van der Waals surface area (Å²) in [5.74, 6) is 0.946. The highest BCUT2D eigenvalue weighted by molar-refractivity contribution is 6.76. The van der Waals surface area contributed by atoms with E-state index in [2.05, 4.69) is 45.9 Å². The van der Waals surface area contributed by atoms with Crippen molar-refractivity contribution in [2.75, 3.05) is 24.6 Å². The number of piperidine rings is 1. The van der Waals surface area contributed by atoms with Crippen molar-refractivity contribution >= 4 is 31.0 Å². The van der Waals surface area contributed by atoms with Gasteiger partial charge >= 0.3 is 6.09 Å². The molecule has 1 fully saturated rings. The van der Waals surface area contributed by atoms with Crippen LogP contribution in [0.5, 0.6) is 0 Å². The summed E-state index contributed by atoms with van der Waals surface area (Å²) in [6.45, 7) is 15.6. The van der Waals surface area contributed by atoms with E-state index in [9.17, 15) is 4.79 Å². The Morgan fingerprint density at radius 1 is 1.23 bits per heavy atom. The molecule has 3 heterocycles. The van der Waals surface area contributed by atoms with Gasteiger partial charge in [-0.3, -0.25) is 0 Å². The molecule has 0 spiro atoms. The number of fused-ring (bicyclic) bond motifs is 1. The van der Waals surface area contributed by atoms with Crippen molar-refractivity contribution in [2.24, 2.45) is 0 Å². The summed E-state index contributed by atoms with van der Waals surface area (Å²) in [4.78, 5) is 23.4. The quantitative estimate of drug-likeness (QED) is 0.505. The van der Waals surface area contributed by atoms with Crippen LogP contribution in [-0.4, -0.2) is 60.0 Å². The van der Waals surface area contributed by atoms with Gasteiger partial charge in [0.1, 0.15) is 30.1 Å². The largest absolute Gasteiger partial charge is 0.444 e. The van der Waals surface area contributed by atoms with Crippen LogP contribution in [0.3, 0.4) is 0 Å². The summed E-state index contributed by atoms with van der Waals surface area (Å²) < 4.78 is 13.3. The Bertz CT molecular complexity index is 879. The van der Waals surface area contributed by atoms with Gasteiger partial charge in [0.25, 0.3) is 0 Å². The lowest BCUT2D eigenvalue weighted by Crippen LogP contribution is -2.46. The summed E-state index contributed by atoms with van der Waals surface area (Å²) in [5, 5.41) is 4.03. The number of ether oxygens (including phenoxy) is 2. The molecule has 0 aromatic carbocycles. The van der Waals surface area contributed by atoms with E-state index in [0.29, 0.717) is 6.73 Å². The molecule has 172 valence electrons. The Balaban J connectivity index is 1.57. The molecule has 1 N–H and O–H groups in total. The summed E-state index contributed by atoms with van der Waals surface area (Å²) in [5.41, 5.74) is 0.412. The lowest BCUT2D eigenvalue weighted by molar-refractivity contribution is 0.0497. The van der Waals surface area contributed by atoms with Gasteiger partial charge in [0.05, 0.1) is 5.39 Å². The van der Waals surface area contributed by atoms with Gasteiger partial charge in [-0.25, -0.2) is 14.8 Å². The van der Waals surface area contributed by atoms with E-state index in [1.165, 1.54) is 0 Å². The first kappa shape index (κ1) is 23.5. The van der Waals surface area contributed by atoms with Crippen LogP contribution in [-0.2, 0) is 16.2 Å². The number of amides is 1. The highest BCUT2D eigenvalue weighted by atomic mass is 28.3. The molecule has 31 heavy (non-hydrogen) atoms. The zero-order chi connectivity index (χ0) is 22.6. The van der Waals surface area contributed by atoms with Crippen molar-refractivity contribution in [3.8, 4) is 0 Å². The average molecular weight is 448 g/mol. The fourth-order valence-corrected chi connectivity index (χ4v) is 4.35. The lowest BCUT2D eigenvalue weighted by Gasteiger charge is -2.33. The minimum Gasteiger partial charge on any atom is -0.444 e. The number of nitrogens with zero attached hydrogens (tertiary/aromatic N) is 4. The fraction of sp³-hybridized carbons (Fsp3) is 0.682. The van der Waals surface area contributed by atoms with Gasteiger partial charge in [-0.05, 0) is 45.7 Å². The van der Waals surface area contributed by atoms with Crippen LogP contribution in [0, 0.1) is 0 Å². The smallest absolute Gasteiger partial charge is 0.407 e. The van der Waals surface area contributed by atoms with E-state index in [-0.39, 0.29) is 12.1 Å². The Labute approximate surface area is 186 Å². The number of alkyl carbamates (subject to hydrolysis) is 1. The Morgan fingerprint density at radius 3 is 2.58 bits per heavy atom. The standard InChI is InChI=1S/C22H37N5O3Si/c1-22(2,3)30-21(28)25-17-7-10-26(11-8-17)19-18-9-12-27(20(18)24-15-23-19)16-29-13-14-31(4,5)6/h9,12,15,17H,7-8,10-11,13-14,16H2,1-6H3,(H,25,28). The van der Waals surface area contributed by atoms with Crippen LogP contribution >= 0.6 is 0 Å². The summed E-state index contributed by atoms with van der Waals surface area (Å²) in [7, 11) is -1.09. The number of aromatic nitrogens is 3. The number of hydrogen-bond acceptors (Lipinski definition) is 6. The van der Waals surface area contributed by atoms with Crippen molar-refractivity contribution in [3.05, 3.63) is 18.6 Å². The molecule has 1 amide bonds. The van der Waals surface area contributed by atoms with E-state index in [0.717, 1.165) is 55.4 Å². The minimum atomic E-state index is -1.09. The minimum absolute atomic E-state index is 0.118. The van der Waals surface area contributed by atoms with Gasteiger partial charge in [0.2, 0.25) is 0 Å². The summed E-state index contributed by atoms with van der Waals surface area (Å²) in [6, 6.07) is 3.34. The molecule has 2 aromatic heterocycles. The maximum absolute atomic E-state index is 12.0. The highest BCUT2D eigenvalue weighted by Gasteiger charge is 2.25. The number of hydrogen-bond donors (Lipinski definition) is 1. The van der Waals surface area contributed by atoms with E-state index in [1.54, 1.807) is 6.33 Å². The topological polar surface area (TPSA) is 81.5 Å². The Kier molecular flexibility index (Phi) is 7.26. The van der Waals surface area contributed by atoms with Crippen molar-refractivity contribution in [1.82, 2.24) is 19.9 Å². The fourth-order valence-electron chi connectivity index (χ4n) is 3.60. The van der Waals surface area contributed by atoms with Gasteiger partial charge in [-0.2, -0.15) is 0 Å². The van der Waals surface area contributed by atoms with Gasteiger partial charge in [0.15, 0.2) is 0 Å². The monoisotopic (exact) mass is 447 g/mol. The number of carbonyl (C=O) groups is 1. The third-order valence-corrected chi connectivity index (χ3v) is 6.98. The first-order valence-electron chi connectivity index (χ1n) is 11.1. The molecular formula is C22H37N5O3Si. The first-order chi connectivity index (χ1) is 14.5. The lowest BCUT2D eigenvalue weighted by atomic mass is 10.1. The normalized spacial score (nSPS) is 16.0. The molecule has 0 unspecified atom stereocenters. The van der Waals surface area contributed by atoms with Gasteiger partial charge in [0, 0.05) is 40.0 Å². The Morgan fingerprint density at radius 2 is 1.94 bits per heavy atom. The number of rotatable bonds is 7. The van der Waals surface area contributed by atoms with Crippen LogP contribution < -0.4 is 10.2 Å². The van der Waals surface area contributed by atoms with Gasteiger partial charge in [-0.15, -0.1) is 0 Å². The molecule has 3 rings (SSSR count). The molecule has 8 nitrogen and oxygen atoms in total. The maximum Gasteiger partial charge on any atom is 0.407 e. The van der Waals surface area contributed by atoms with Gasteiger partial charge in [-0.1, -0.05) is 19.6 Å². The second-order valence-electron chi connectivity index (χ2n) is 10.5. The predicted octanol–water partition coefficient (Wildman–Crippen LogP) is 4.24. The molecule has 2 aromatic rings. The molecule has 0 radical (unpaired) electrons. The molecule has 1 saturated heterocycles. The summed E-state index contributed by atoms with van der Waals surface area (Å²) in [6.07, 6.45) is 5.01. The van der Waals surface area contributed by atoms with E-state index in [1.807, 2.05) is 31.5 Å². The third-order valence-electron chi connectivity index (χ3n) is 5.28. The molecule has 0 saturated carbocycles. The summed E-state index contributed by atoms with van der Waals surface area (Å²) >= 11 is 0. The SMILES string of the molecule is CC(C)(C)OC(=O)NC1CCN(c2ncnc3c2ccn3COCC[Si](C)(C)C)CC1. The second kappa shape index (κ2) is 9.56. The van der Waals surface area contributed by atoms with E-state index < -0.39 is 13.7 Å². The number of anilines is 1. The highest BCUT2D eigenvalue weighted by Crippen LogP contribution is 2.26. The molecule has 1 aliphatic rings. The molecule has 0 bridgehead atoms. The molecule has 1 aliphatic heterocycles. The zero-order valence-corrected chi connectivity index (χ0v) is 20.8. The van der Waals surface area contributed by atoms with Crippen LogP contribution in [0.25, 0.3) is 11.0 Å². The molecule has 0 atom stereocenters. The Hall–Kier alpha value is -2.13. The van der Waals surface area contributed by atoms with Crippen molar-refractivity contribution in [2.45, 2.75) is 77.7 Å². The van der Waals surface area contributed by atoms with E-state index >= 15 is 0 Å². The first-order valence-corrected chi connectivity index (χ1v) is 14.8. The van der Waals surface area contributed by atoms with Crippen LogP contribution in [0.1, 0.15) is 33.6 Å². The van der Waals surface area contributed by atoms with Crippen LogP contribution in [0.15, 0.2) is 18.6 Å². The number of carbonyl (C=O) groups excluding carboxylic acids is 1. The third kappa shape index (κ3) is 6.93. The van der Waals surface area contributed by atoms with Crippen molar-refractivity contribution in [3.63, 3.8) is 0 Å². The number of nitrogens with one attached hydrogen (secondary N) is 1. The molecular weight excluding hydrogens is 410 g/mol. The molecule has 0 aliphatic carbocycles. The second-order valence-corrected chi connectivity index (χ2v) is 16.1. The predicted molar refractivity (Wildman–Crippen MR) is 126 cm³/mol. The molecule has 9 heteroatoms. The zero-order valence-electron chi connectivity index (χ0n) is 19.8.